The summed E-state index contributed by atoms with van der Waals surface area (Å²) in [5, 5.41) is 14.4. The highest BCUT2D eigenvalue weighted by atomic mass is 35.5. The van der Waals surface area contributed by atoms with Gasteiger partial charge in [0.2, 0.25) is 5.95 Å². The lowest BCUT2D eigenvalue weighted by Gasteiger charge is -2.13. The second-order valence-corrected chi connectivity index (χ2v) is 7.71. The number of nitrogens with zero attached hydrogens (tertiary/aromatic N) is 5. The van der Waals surface area contributed by atoms with Gasteiger partial charge < -0.3 is 15.6 Å². The van der Waals surface area contributed by atoms with E-state index in [1.807, 2.05) is 30.3 Å². The zero-order valence-corrected chi connectivity index (χ0v) is 17.7. The number of benzene rings is 1. The minimum absolute atomic E-state index is 0.00660. The Morgan fingerprint density at radius 3 is 2.72 bits per heavy atom. The van der Waals surface area contributed by atoms with Crippen LogP contribution in [0.15, 0.2) is 53.0 Å². The van der Waals surface area contributed by atoms with Crippen molar-refractivity contribution in [3.63, 3.8) is 0 Å². The smallest absolute Gasteiger partial charge is 0.357 e. The van der Waals surface area contributed by atoms with E-state index in [9.17, 15) is 9.90 Å². The quantitative estimate of drug-likeness (QED) is 0.458. The SMILES string of the molecule is Nc1nc(-c2ccccc2)c(-c2cc(Cl)nc(CO)c2)c2nn(C=C3CCCO3)c(=O)n12. The number of aliphatic hydroxyl groups excluding tert-OH is 1. The number of nitrogens with two attached hydrogens (primary N) is 1. The Morgan fingerprint density at radius 1 is 1.19 bits per heavy atom. The molecule has 4 heterocycles. The van der Waals surface area contributed by atoms with E-state index in [1.54, 1.807) is 18.3 Å². The van der Waals surface area contributed by atoms with Crippen molar-refractivity contribution in [2.45, 2.75) is 19.4 Å². The van der Waals surface area contributed by atoms with E-state index in [0.717, 1.165) is 18.4 Å². The molecule has 0 spiro atoms. The molecule has 3 N–H and O–H groups in total. The number of fused-ring (bicyclic) bond motifs is 1. The zero-order valence-electron chi connectivity index (χ0n) is 16.9. The molecule has 0 saturated carbocycles. The number of ether oxygens (including phenoxy) is 1. The fourth-order valence-corrected chi connectivity index (χ4v) is 3.99. The van der Waals surface area contributed by atoms with Crippen LogP contribution in [0.4, 0.5) is 5.95 Å². The molecule has 32 heavy (non-hydrogen) atoms. The summed E-state index contributed by atoms with van der Waals surface area (Å²) in [6.45, 7) is 0.318. The van der Waals surface area contributed by atoms with Gasteiger partial charge in [-0.1, -0.05) is 41.9 Å². The molecule has 0 atom stereocenters. The van der Waals surface area contributed by atoms with Crippen molar-refractivity contribution >= 4 is 29.4 Å². The van der Waals surface area contributed by atoms with Gasteiger partial charge >= 0.3 is 5.69 Å². The first-order valence-corrected chi connectivity index (χ1v) is 10.4. The highest BCUT2D eigenvalue weighted by Crippen LogP contribution is 2.35. The lowest BCUT2D eigenvalue weighted by Crippen LogP contribution is -2.20. The Hall–Kier alpha value is -3.69. The monoisotopic (exact) mass is 450 g/mol. The van der Waals surface area contributed by atoms with Crippen molar-refractivity contribution in [3.8, 4) is 22.4 Å². The molecule has 162 valence electrons. The predicted octanol–water partition coefficient (Wildman–Crippen LogP) is 2.96. The number of halogens is 1. The molecule has 3 aromatic heterocycles. The number of rotatable bonds is 4. The van der Waals surface area contributed by atoms with Crippen LogP contribution in [0, 0.1) is 0 Å². The molecular formula is C22H19ClN6O3. The molecule has 1 aliphatic rings. The molecule has 10 heteroatoms. The van der Waals surface area contributed by atoms with E-state index < -0.39 is 5.69 Å². The van der Waals surface area contributed by atoms with Crippen molar-refractivity contribution in [1.82, 2.24) is 24.1 Å². The van der Waals surface area contributed by atoms with Gasteiger partial charge in [-0.25, -0.2) is 19.2 Å². The molecule has 4 aromatic rings. The minimum atomic E-state index is -0.462. The second kappa shape index (κ2) is 8.10. The maximum Gasteiger partial charge on any atom is 0.357 e. The Morgan fingerprint density at radius 2 is 2.00 bits per heavy atom. The number of hydrogen-bond acceptors (Lipinski definition) is 7. The van der Waals surface area contributed by atoms with Crippen LogP contribution in [-0.4, -0.2) is 35.9 Å². The first kappa shape index (κ1) is 20.2. The third kappa shape index (κ3) is 3.51. The van der Waals surface area contributed by atoms with E-state index in [4.69, 9.17) is 22.1 Å². The van der Waals surface area contributed by atoms with E-state index >= 15 is 0 Å². The van der Waals surface area contributed by atoms with E-state index in [-0.39, 0.29) is 17.7 Å². The van der Waals surface area contributed by atoms with Gasteiger partial charge in [-0.05, 0) is 24.1 Å². The third-order valence-corrected chi connectivity index (χ3v) is 5.38. The van der Waals surface area contributed by atoms with Gasteiger partial charge in [0, 0.05) is 12.0 Å². The molecule has 0 unspecified atom stereocenters. The fourth-order valence-electron chi connectivity index (χ4n) is 3.77. The average Bonchev–Trinajstić information content (AvgIpc) is 3.42. The largest absolute Gasteiger partial charge is 0.496 e. The Bertz CT molecular complexity index is 1400. The van der Waals surface area contributed by atoms with Crippen LogP contribution in [0.1, 0.15) is 18.5 Å². The van der Waals surface area contributed by atoms with Crippen LogP contribution in [-0.2, 0) is 11.3 Å². The minimum Gasteiger partial charge on any atom is -0.496 e. The topological polar surface area (TPSA) is 121 Å². The molecule has 1 aromatic carbocycles. The van der Waals surface area contributed by atoms with E-state index in [0.29, 0.717) is 40.5 Å². The molecule has 0 aliphatic carbocycles. The highest BCUT2D eigenvalue weighted by Gasteiger charge is 2.22. The Balaban J connectivity index is 1.86. The first-order chi connectivity index (χ1) is 15.5. The summed E-state index contributed by atoms with van der Waals surface area (Å²) in [7, 11) is 0. The molecule has 0 bridgehead atoms. The van der Waals surface area contributed by atoms with E-state index in [2.05, 4.69) is 15.1 Å². The summed E-state index contributed by atoms with van der Waals surface area (Å²) in [4.78, 5) is 21.8. The first-order valence-electron chi connectivity index (χ1n) is 10.0. The molecule has 0 radical (unpaired) electrons. The lowest BCUT2D eigenvalue weighted by atomic mass is 10.00. The molecule has 1 saturated heterocycles. The van der Waals surface area contributed by atoms with Gasteiger partial charge in [0.15, 0.2) is 5.65 Å². The maximum atomic E-state index is 13.1. The van der Waals surface area contributed by atoms with Crippen LogP contribution >= 0.6 is 11.6 Å². The highest BCUT2D eigenvalue weighted by molar-refractivity contribution is 6.29. The van der Waals surface area contributed by atoms with Crippen LogP contribution in [0.3, 0.4) is 0 Å². The van der Waals surface area contributed by atoms with Crippen LogP contribution in [0.2, 0.25) is 5.15 Å². The second-order valence-electron chi connectivity index (χ2n) is 7.32. The molecule has 1 aliphatic heterocycles. The number of aromatic nitrogens is 5. The summed E-state index contributed by atoms with van der Waals surface area (Å²) < 4.78 is 8.00. The van der Waals surface area contributed by atoms with Gasteiger partial charge in [0.05, 0.1) is 36.4 Å². The lowest BCUT2D eigenvalue weighted by molar-refractivity contribution is 0.265. The van der Waals surface area contributed by atoms with Gasteiger partial charge in [0.25, 0.3) is 0 Å². The number of pyridine rings is 1. The summed E-state index contributed by atoms with van der Waals surface area (Å²) in [6, 6.07) is 12.8. The Kier molecular flexibility index (Phi) is 5.12. The number of hydrogen-bond donors (Lipinski definition) is 2. The molecule has 9 nitrogen and oxygen atoms in total. The van der Waals surface area contributed by atoms with Gasteiger partial charge in [-0.2, -0.15) is 4.68 Å². The normalized spacial score (nSPS) is 14.9. The van der Waals surface area contributed by atoms with Crippen molar-refractivity contribution in [2.24, 2.45) is 0 Å². The van der Waals surface area contributed by atoms with Crippen molar-refractivity contribution in [1.29, 1.82) is 0 Å². The van der Waals surface area contributed by atoms with Crippen LogP contribution in [0.5, 0.6) is 0 Å². The molecular weight excluding hydrogens is 432 g/mol. The summed E-state index contributed by atoms with van der Waals surface area (Å²) >= 11 is 6.22. The fraction of sp³-hybridized carbons (Fsp3) is 0.182. The zero-order chi connectivity index (χ0) is 22.2. The summed E-state index contributed by atoms with van der Waals surface area (Å²) in [5.74, 6) is 0.688. The number of aliphatic hydroxyl groups is 1. The van der Waals surface area contributed by atoms with E-state index in [1.165, 1.54) is 9.08 Å². The summed E-state index contributed by atoms with van der Waals surface area (Å²) in [6.07, 6.45) is 3.20. The molecule has 1 fully saturated rings. The average molecular weight is 451 g/mol. The summed E-state index contributed by atoms with van der Waals surface area (Å²) in [5.41, 5.74) is 8.91. The van der Waals surface area contributed by atoms with Gasteiger partial charge in [-0.3, -0.25) is 0 Å². The standard InChI is InChI=1S/C22H19ClN6O3/c23-17-10-14(9-15(12-30)25-17)18-19(13-5-2-1-3-6-13)26-21(24)29-20(18)27-28(22(29)31)11-16-7-4-8-32-16/h1-3,5-6,9-11,30H,4,7-8,12H2,(H2,24,26). The number of anilines is 1. The molecule has 5 rings (SSSR count). The van der Waals surface area contributed by atoms with Crippen molar-refractivity contribution < 1.29 is 9.84 Å². The maximum absolute atomic E-state index is 13.1. The Labute approximate surface area is 187 Å². The number of allylic oxidation sites excluding steroid dienone is 1. The third-order valence-electron chi connectivity index (χ3n) is 5.18. The van der Waals surface area contributed by atoms with Gasteiger partial charge in [0.1, 0.15) is 10.9 Å². The van der Waals surface area contributed by atoms with Gasteiger partial charge in [-0.15, -0.1) is 5.10 Å². The van der Waals surface area contributed by atoms with Crippen molar-refractivity contribution in [2.75, 3.05) is 12.3 Å². The molecule has 0 amide bonds. The van der Waals surface area contributed by atoms with Crippen LogP contribution in [0.25, 0.3) is 34.2 Å². The predicted molar refractivity (Wildman–Crippen MR) is 121 cm³/mol. The van der Waals surface area contributed by atoms with Crippen molar-refractivity contribution in [3.05, 3.63) is 69.6 Å². The van der Waals surface area contributed by atoms with Crippen LogP contribution < -0.4 is 11.4 Å². The number of nitrogen functional groups attached to an aromatic ring is 1.